The summed E-state index contributed by atoms with van der Waals surface area (Å²) in [5.74, 6) is 2.98. The molecule has 0 saturated carbocycles. The summed E-state index contributed by atoms with van der Waals surface area (Å²) in [6, 6.07) is 1.89. The van der Waals surface area contributed by atoms with Gasteiger partial charge in [0.05, 0.1) is 12.2 Å². The van der Waals surface area contributed by atoms with E-state index >= 15 is 0 Å². The van der Waals surface area contributed by atoms with E-state index in [0.717, 1.165) is 28.7 Å². The Kier molecular flexibility index (Phi) is 3.69. The van der Waals surface area contributed by atoms with Crippen LogP contribution in [0.15, 0.2) is 10.6 Å². The van der Waals surface area contributed by atoms with E-state index in [1.54, 1.807) is 0 Å². The van der Waals surface area contributed by atoms with Crippen LogP contribution < -0.4 is 11.1 Å². The van der Waals surface area contributed by atoms with Gasteiger partial charge in [-0.2, -0.15) is 0 Å². The molecule has 2 rings (SSSR count). The van der Waals surface area contributed by atoms with Gasteiger partial charge in [0.1, 0.15) is 17.5 Å². The van der Waals surface area contributed by atoms with Gasteiger partial charge in [0.15, 0.2) is 5.76 Å². The van der Waals surface area contributed by atoms with Crippen molar-refractivity contribution in [2.75, 3.05) is 11.1 Å². The van der Waals surface area contributed by atoms with Crippen molar-refractivity contribution in [2.45, 2.75) is 40.2 Å². The van der Waals surface area contributed by atoms with Gasteiger partial charge in [-0.25, -0.2) is 9.97 Å². The van der Waals surface area contributed by atoms with Gasteiger partial charge in [-0.3, -0.25) is 0 Å². The molecule has 2 heterocycles. The molecule has 6 nitrogen and oxygen atoms in total. The van der Waals surface area contributed by atoms with E-state index in [2.05, 4.69) is 20.4 Å². The Hall–Kier alpha value is -2.11. The molecule has 102 valence electrons. The number of nitrogens with zero attached hydrogens (tertiary/aromatic N) is 3. The Morgan fingerprint density at radius 1 is 1.32 bits per heavy atom. The molecule has 19 heavy (non-hydrogen) atoms. The van der Waals surface area contributed by atoms with Gasteiger partial charge in [0.25, 0.3) is 0 Å². The summed E-state index contributed by atoms with van der Waals surface area (Å²) in [6.07, 6.45) is 0. The Morgan fingerprint density at radius 3 is 2.63 bits per heavy atom. The van der Waals surface area contributed by atoms with Crippen LogP contribution in [0, 0.1) is 13.8 Å². The fraction of sp³-hybridized carbons (Fsp3) is 0.462. The minimum atomic E-state index is 0.232. The summed E-state index contributed by atoms with van der Waals surface area (Å²) < 4.78 is 5.15. The van der Waals surface area contributed by atoms with E-state index in [9.17, 15) is 0 Å². The van der Waals surface area contributed by atoms with Crippen molar-refractivity contribution in [1.29, 1.82) is 0 Å². The lowest BCUT2D eigenvalue weighted by molar-refractivity contribution is 0.384. The first-order chi connectivity index (χ1) is 8.97. The zero-order valence-electron chi connectivity index (χ0n) is 11.7. The molecule has 0 aliphatic carbocycles. The van der Waals surface area contributed by atoms with Crippen LogP contribution in [0.2, 0.25) is 0 Å². The second kappa shape index (κ2) is 5.26. The Balaban J connectivity index is 2.19. The summed E-state index contributed by atoms with van der Waals surface area (Å²) in [5.41, 5.74) is 7.61. The number of aromatic nitrogens is 3. The smallest absolute Gasteiger partial charge is 0.156 e. The largest absolute Gasteiger partial charge is 0.383 e. The molecular formula is C13H19N5O. The van der Waals surface area contributed by atoms with Crippen molar-refractivity contribution in [1.82, 2.24) is 15.1 Å². The summed E-state index contributed by atoms with van der Waals surface area (Å²) in [5, 5.41) is 7.06. The molecule has 0 amide bonds. The van der Waals surface area contributed by atoms with E-state index < -0.39 is 0 Å². The highest BCUT2D eigenvalue weighted by Gasteiger charge is 2.11. The van der Waals surface area contributed by atoms with Crippen molar-refractivity contribution in [3.63, 3.8) is 0 Å². The molecule has 2 aromatic heterocycles. The topological polar surface area (TPSA) is 89.9 Å². The molecule has 0 radical (unpaired) electrons. The molecule has 0 unspecified atom stereocenters. The third kappa shape index (κ3) is 3.01. The number of nitrogens with two attached hydrogens (primary N) is 1. The Bertz CT molecular complexity index is 576. The number of nitrogens with one attached hydrogen (secondary N) is 1. The number of aryl methyl sites for hydroxylation is 1. The zero-order chi connectivity index (χ0) is 14.0. The predicted octanol–water partition coefficient (Wildman–Crippen LogP) is 2.40. The first-order valence-corrected chi connectivity index (χ1v) is 6.27. The van der Waals surface area contributed by atoms with Gasteiger partial charge in [-0.05, 0) is 13.8 Å². The van der Waals surface area contributed by atoms with Gasteiger partial charge in [0.2, 0.25) is 0 Å². The highest BCUT2D eigenvalue weighted by molar-refractivity contribution is 5.55. The highest BCUT2D eigenvalue weighted by Crippen LogP contribution is 2.21. The molecule has 0 aliphatic rings. The Labute approximate surface area is 112 Å². The highest BCUT2D eigenvalue weighted by atomic mass is 16.5. The van der Waals surface area contributed by atoms with Crippen LogP contribution in [0.5, 0.6) is 0 Å². The second-order valence-corrected chi connectivity index (χ2v) is 4.88. The number of hydrogen-bond acceptors (Lipinski definition) is 6. The van der Waals surface area contributed by atoms with Gasteiger partial charge < -0.3 is 15.6 Å². The second-order valence-electron chi connectivity index (χ2n) is 4.88. The summed E-state index contributed by atoms with van der Waals surface area (Å²) in [7, 11) is 0. The molecule has 0 bridgehead atoms. The third-order valence-corrected chi connectivity index (χ3v) is 2.82. The minimum Gasteiger partial charge on any atom is -0.383 e. The first-order valence-electron chi connectivity index (χ1n) is 6.27. The molecule has 0 aliphatic heterocycles. The Morgan fingerprint density at radius 2 is 2.05 bits per heavy atom. The molecule has 0 spiro atoms. The standard InChI is InChI=1S/C13H19N5O/c1-7(2)12-16-11(14)9(4)13(17-12)15-6-10-5-8(3)18-19-10/h5,7H,6H2,1-4H3,(H3,14,15,16,17). The number of anilines is 2. The molecule has 6 heteroatoms. The average molecular weight is 261 g/mol. The molecule has 0 aromatic carbocycles. The van der Waals surface area contributed by atoms with Crippen molar-refractivity contribution < 1.29 is 4.52 Å². The van der Waals surface area contributed by atoms with Crippen LogP contribution in [-0.2, 0) is 6.54 Å². The normalized spacial score (nSPS) is 11.0. The fourth-order valence-corrected chi connectivity index (χ4v) is 1.65. The van der Waals surface area contributed by atoms with E-state index in [1.807, 2.05) is 33.8 Å². The van der Waals surface area contributed by atoms with E-state index in [0.29, 0.717) is 12.4 Å². The van der Waals surface area contributed by atoms with Crippen LogP contribution in [-0.4, -0.2) is 15.1 Å². The van der Waals surface area contributed by atoms with Gasteiger partial charge in [0, 0.05) is 17.5 Å². The molecule has 3 N–H and O–H groups in total. The summed E-state index contributed by atoms with van der Waals surface area (Å²) >= 11 is 0. The monoisotopic (exact) mass is 261 g/mol. The number of nitrogen functional groups attached to an aromatic ring is 1. The van der Waals surface area contributed by atoms with Gasteiger partial charge >= 0.3 is 0 Å². The quantitative estimate of drug-likeness (QED) is 0.878. The first kappa shape index (κ1) is 13.3. The third-order valence-electron chi connectivity index (χ3n) is 2.82. The van der Waals surface area contributed by atoms with Crippen LogP contribution in [0.4, 0.5) is 11.6 Å². The predicted molar refractivity (Wildman–Crippen MR) is 73.8 cm³/mol. The van der Waals surface area contributed by atoms with Crippen LogP contribution in [0.1, 0.15) is 42.6 Å². The summed E-state index contributed by atoms with van der Waals surface area (Å²) in [6.45, 7) is 8.38. The van der Waals surface area contributed by atoms with Crippen LogP contribution in [0.25, 0.3) is 0 Å². The molecular weight excluding hydrogens is 242 g/mol. The molecule has 0 atom stereocenters. The maximum atomic E-state index is 5.91. The summed E-state index contributed by atoms with van der Waals surface area (Å²) in [4.78, 5) is 8.77. The van der Waals surface area contributed by atoms with Crippen molar-refractivity contribution in [3.05, 3.63) is 28.9 Å². The van der Waals surface area contributed by atoms with Crippen molar-refractivity contribution in [2.24, 2.45) is 0 Å². The SMILES string of the molecule is Cc1cc(CNc2nc(C(C)C)nc(N)c2C)on1. The van der Waals surface area contributed by atoms with E-state index in [4.69, 9.17) is 10.3 Å². The average Bonchev–Trinajstić information content (AvgIpc) is 2.76. The van der Waals surface area contributed by atoms with Gasteiger partial charge in [-0.15, -0.1) is 0 Å². The number of rotatable bonds is 4. The minimum absolute atomic E-state index is 0.232. The maximum Gasteiger partial charge on any atom is 0.156 e. The zero-order valence-corrected chi connectivity index (χ0v) is 11.7. The lowest BCUT2D eigenvalue weighted by atomic mass is 10.2. The van der Waals surface area contributed by atoms with Crippen LogP contribution >= 0.6 is 0 Å². The molecule has 0 fully saturated rings. The molecule has 2 aromatic rings. The van der Waals surface area contributed by atoms with Crippen molar-refractivity contribution >= 4 is 11.6 Å². The lowest BCUT2D eigenvalue weighted by Crippen LogP contribution is -2.10. The maximum absolute atomic E-state index is 5.91. The van der Waals surface area contributed by atoms with Crippen LogP contribution in [0.3, 0.4) is 0 Å². The fourth-order valence-electron chi connectivity index (χ4n) is 1.65. The van der Waals surface area contributed by atoms with Gasteiger partial charge in [-0.1, -0.05) is 19.0 Å². The van der Waals surface area contributed by atoms with E-state index in [1.165, 1.54) is 0 Å². The lowest BCUT2D eigenvalue weighted by Gasteiger charge is -2.12. The number of hydrogen-bond donors (Lipinski definition) is 2. The molecule has 0 saturated heterocycles. The van der Waals surface area contributed by atoms with Crippen molar-refractivity contribution in [3.8, 4) is 0 Å². The van der Waals surface area contributed by atoms with E-state index in [-0.39, 0.29) is 5.92 Å².